The number of hydrogen-bond acceptors (Lipinski definition) is 6. The summed E-state index contributed by atoms with van der Waals surface area (Å²) in [5, 5.41) is 18.9. The molecule has 1 saturated heterocycles. The van der Waals surface area contributed by atoms with Gasteiger partial charge in [0.15, 0.2) is 0 Å². The van der Waals surface area contributed by atoms with E-state index in [9.17, 15) is 9.59 Å². The van der Waals surface area contributed by atoms with Crippen LogP contribution in [0.25, 0.3) is 21.8 Å². The molecule has 0 spiro atoms. The highest BCUT2D eigenvalue weighted by molar-refractivity contribution is 6.06. The maximum absolute atomic E-state index is 13.3. The van der Waals surface area contributed by atoms with Crippen molar-refractivity contribution in [3.05, 3.63) is 83.1 Å². The van der Waals surface area contributed by atoms with Gasteiger partial charge in [-0.15, -0.1) is 0 Å². The molecule has 0 unspecified atom stereocenters. The quantitative estimate of drug-likeness (QED) is 0.111. The van der Waals surface area contributed by atoms with Gasteiger partial charge in [-0.05, 0) is 76.5 Å². The summed E-state index contributed by atoms with van der Waals surface area (Å²) >= 11 is 0. The van der Waals surface area contributed by atoms with Gasteiger partial charge in [-0.1, -0.05) is 37.2 Å². The summed E-state index contributed by atoms with van der Waals surface area (Å²) in [5.41, 5.74) is 5.33. The van der Waals surface area contributed by atoms with Gasteiger partial charge in [-0.25, -0.2) is 14.8 Å². The fourth-order valence-electron chi connectivity index (χ4n) is 6.23. The molecule has 5 heterocycles. The molecular formula is C36H39N7O3. The maximum Gasteiger partial charge on any atom is 0.354 e. The fraction of sp³-hybridized carbons (Fsp3) is 0.361. The normalized spacial score (nSPS) is 14.9. The third-order valence-electron chi connectivity index (χ3n) is 8.73. The summed E-state index contributed by atoms with van der Waals surface area (Å²) < 4.78 is 2.01. The van der Waals surface area contributed by atoms with Crippen LogP contribution in [-0.4, -0.2) is 60.2 Å². The summed E-state index contributed by atoms with van der Waals surface area (Å²) in [6.45, 7) is 3.89. The van der Waals surface area contributed by atoms with E-state index in [0.717, 1.165) is 85.5 Å². The topological polar surface area (TPSA) is 129 Å². The Morgan fingerprint density at radius 3 is 2.74 bits per heavy atom. The van der Waals surface area contributed by atoms with Gasteiger partial charge >= 0.3 is 5.97 Å². The van der Waals surface area contributed by atoms with Crippen molar-refractivity contribution in [2.45, 2.75) is 70.9 Å². The number of fused-ring (bicyclic) bond motifs is 2. The average Bonchev–Trinajstić information content (AvgIpc) is 3.76. The van der Waals surface area contributed by atoms with Crippen molar-refractivity contribution in [3.8, 4) is 11.8 Å². The van der Waals surface area contributed by atoms with Crippen LogP contribution in [0.15, 0.2) is 54.9 Å². The number of likely N-dealkylation sites (tertiary alicyclic amines) is 1. The number of unbranched alkanes of at least 4 members (excludes halogenated alkanes) is 5. The molecule has 1 aliphatic rings. The molecular weight excluding hydrogens is 578 g/mol. The van der Waals surface area contributed by atoms with Crippen molar-refractivity contribution in [1.82, 2.24) is 29.6 Å². The largest absolute Gasteiger partial charge is 0.477 e. The van der Waals surface area contributed by atoms with Crippen molar-refractivity contribution in [2.24, 2.45) is 0 Å². The number of nitrogens with zero attached hydrogens (tertiary/aromatic N) is 5. The number of hydrogen-bond donors (Lipinski definition) is 3. The predicted octanol–water partition coefficient (Wildman–Crippen LogP) is 6.73. The molecule has 0 saturated carbocycles. The number of carbonyl (C=O) groups excluding carboxylic acids is 1. The summed E-state index contributed by atoms with van der Waals surface area (Å²) in [5.74, 6) is 5.43. The number of pyridine rings is 2. The number of aromatic amines is 1. The van der Waals surface area contributed by atoms with Crippen LogP contribution in [0.4, 0.5) is 5.82 Å². The number of rotatable bonds is 11. The van der Waals surface area contributed by atoms with E-state index in [-0.39, 0.29) is 11.6 Å². The van der Waals surface area contributed by atoms with Crippen molar-refractivity contribution in [3.63, 3.8) is 0 Å². The summed E-state index contributed by atoms with van der Waals surface area (Å²) in [6.07, 6.45) is 11.6. The van der Waals surface area contributed by atoms with E-state index in [0.29, 0.717) is 23.0 Å². The minimum absolute atomic E-state index is 0.00952. The first-order valence-corrected chi connectivity index (χ1v) is 16.0. The smallest absolute Gasteiger partial charge is 0.354 e. The van der Waals surface area contributed by atoms with E-state index >= 15 is 0 Å². The molecule has 4 aromatic heterocycles. The number of aromatic nitrogens is 5. The standard InChI is InChI=1S/C36H39N7O3/c1-24-28-14-13-26(35(44)40-34-22-29-27(23-38-34)20-30(39-29)32-12-10-17-42(32)2)21-33(28)43(41-24)18-9-7-5-3-4-6-8-11-25-15-16-37-31(19-25)36(45)46/h13-16,19-23,32,39H,3-7,9-10,12,17-18H2,1-2H3,(H,45,46)(H,38,40,44)/t32-/m1/s1. The van der Waals surface area contributed by atoms with E-state index < -0.39 is 5.97 Å². The maximum atomic E-state index is 13.3. The van der Waals surface area contributed by atoms with Gasteiger partial charge in [0, 0.05) is 65.1 Å². The number of amides is 1. The Kier molecular flexibility index (Phi) is 9.41. The molecule has 6 rings (SSSR count). The highest BCUT2D eigenvalue weighted by Gasteiger charge is 2.24. The molecule has 1 fully saturated rings. The molecule has 0 aliphatic carbocycles. The lowest BCUT2D eigenvalue weighted by atomic mass is 10.1. The number of benzene rings is 1. The molecule has 46 heavy (non-hydrogen) atoms. The van der Waals surface area contributed by atoms with Gasteiger partial charge in [-0.2, -0.15) is 5.10 Å². The van der Waals surface area contributed by atoms with Crippen LogP contribution in [0.5, 0.6) is 0 Å². The number of anilines is 1. The Balaban J connectivity index is 1.00. The Morgan fingerprint density at radius 2 is 1.91 bits per heavy atom. The van der Waals surface area contributed by atoms with Crippen LogP contribution < -0.4 is 5.32 Å². The molecule has 3 N–H and O–H groups in total. The summed E-state index contributed by atoms with van der Waals surface area (Å²) in [6, 6.07) is 13.4. The molecule has 10 heteroatoms. The van der Waals surface area contributed by atoms with E-state index in [1.165, 1.54) is 24.4 Å². The lowest BCUT2D eigenvalue weighted by Crippen LogP contribution is -2.17. The van der Waals surface area contributed by atoms with Gasteiger partial charge in [0.1, 0.15) is 11.5 Å². The van der Waals surface area contributed by atoms with Gasteiger partial charge in [0.2, 0.25) is 0 Å². The van der Waals surface area contributed by atoms with Crippen LogP contribution in [0, 0.1) is 18.8 Å². The number of carboxylic acid groups (broad SMARTS) is 1. The molecule has 5 aromatic rings. The summed E-state index contributed by atoms with van der Waals surface area (Å²) in [7, 11) is 2.16. The Bertz CT molecular complexity index is 1950. The van der Waals surface area contributed by atoms with Gasteiger partial charge in [0.05, 0.1) is 16.7 Å². The first-order valence-electron chi connectivity index (χ1n) is 16.0. The second-order valence-corrected chi connectivity index (χ2v) is 12.1. The number of aromatic carboxylic acids is 1. The van der Waals surface area contributed by atoms with Crippen molar-refractivity contribution in [1.29, 1.82) is 0 Å². The molecule has 1 amide bonds. The first kappa shape index (κ1) is 31.0. The van der Waals surface area contributed by atoms with Gasteiger partial charge in [0.25, 0.3) is 5.91 Å². The molecule has 10 nitrogen and oxygen atoms in total. The SMILES string of the molecule is Cc1nn(CCCCCCCC#Cc2ccnc(C(=O)O)c2)c2cc(C(=O)Nc3cc4[nH]c([C@H]5CCCN5C)cc4cn3)ccc12. The second-order valence-electron chi connectivity index (χ2n) is 12.1. The third-order valence-corrected chi connectivity index (χ3v) is 8.73. The zero-order valence-corrected chi connectivity index (χ0v) is 26.3. The number of H-pyrrole nitrogens is 1. The van der Waals surface area contributed by atoms with Crippen LogP contribution in [0.3, 0.4) is 0 Å². The van der Waals surface area contributed by atoms with E-state index in [4.69, 9.17) is 10.2 Å². The van der Waals surface area contributed by atoms with Crippen LogP contribution in [0.1, 0.15) is 95.2 Å². The first-order chi connectivity index (χ1) is 22.4. The van der Waals surface area contributed by atoms with Crippen LogP contribution in [0.2, 0.25) is 0 Å². The second kappa shape index (κ2) is 14.0. The number of carbonyl (C=O) groups is 2. The number of carboxylic acids is 1. The molecule has 236 valence electrons. The molecule has 0 bridgehead atoms. The molecule has 0 radical (unpaired) electrons. The van der Waals surface area contributed by atoms with Crippen LogP contribution >= 0.6 is 0 Å². The minimum atomic E-state index is -1.05. The highest BCUT2D eigenvalue weighted by atomic mass is 16.4. The Hall–Kier alpha value is -5.01. The molecule has 1 aromatic carbocycles. The van der Waals surface area contributed by atoms with Gasteiger partial charge in [-0.3, -0.25) is 14.4 Å². The van der Waals surface area contributed by atoms with Crippen molar-refractivity contribution < 1.29 is 14.7 Å². The fourth-order valence-corrected chi connectivity index (χ4v) is 6.23. The predicted molar refractivity (Wildman–Crippen MR) is 179 cm³/mol. The number of nitrogens with one attached hydrogen (secondary N) is 2. The van der Waals surface area contributed by atoms with Crippen molar-refractivity contribution >= 4 is 39.5 Å². The lowest BCUT2D eigenvalue weighted by Gasteiger charge is -2.17. The van der Waals surface area contributed by atoms with E-state index in [1.807, 2.05) is 42.1 Å². The lowest BCUT2D eigenvalue weighted by molar-refractivity contribution is 0.0690. The third kappa shape index (κ3) is 7.11. The highest BCUT2D eigenvalue weighted by Crippen LogP contribution is 2.32. The monoisotopic (exact) mass is 617 g/mol. The Labute approximate surface area is 268 Å². The summed E-state index contributed by atoms with van der Waals surface area (Å²) in [4.78, 5) is 38.5. The molecule has 1 aliphatic heterocycles. The average molecular weight is 618 g/mol. The molecule has 1 atom stereocenters. The van der Waals surface area contributed by atoms with E-state index in [1.54, 1.807) is 6.07 Å². The van der Waals surface area contributed by atoms with Crippen molar-refractivity contribution in [2.75, 3.05) is 18.9 Å². The van der Waals surface area contributed by atoms with E-state index in [2.05, 4.69) is 50.1 Å². The Morgan fingerprint density at radius 1 is 1.07 bits per heavy atom. The number of aryl methyl sites for hydroxylation is 2. The van der Waals surface area contributed by atoms with Crippen LogP contribution in [-0.2, 0) is 6.54 Å². The van der Waals surface area contributed by atoms with Gasteiger partial charge < -0.3 is 15.4 Å². The minimum Gasteiger partial charge on any atom is -0.477 e. The zero-order valence-electron chi connectivity index (χ0n) is 26.3. The zero-order chi connectivity index (χ0) is 32.0.